The van der Waals surface area contributed by atoms with Crippen molar-refractivity contribution >= 4 is 18.0 Å². The summed E-state index contributed by atoms with van der Waals surface area (Å²) in [5.74, 6) is -1.16. The molecule has 2 aliphatic carbocycles. The number of amides is 2. The Morgan fingerprint density at radius 1 is 1.00 bits per heavy atom. The molecule has 2 amide bonds. The normalized spacial score (nSPS) is 16.9. The van der Waals surface area contributed by atoms with Crippen LogP contribution in [-0.4, -0.2) is 42.3 Å². The molecule has 186 valence electrons. The van der Waals surface area contributed by atoms with E-state index in [1.807, 2.05) is 38.1 Å². The van der Waals surface area contributed by atoms with Crippen molar-refractivity contribution < 1.29 is 24.2 Å². The van der Waals surface area contributed by atoms with E-state index in [1.165, 1.54) is 0 Å². The Morgan fingerprint density at radius 2 is 1.57 bits per heavy atom. The third kappa shape index (κ3) is 5.34. The molecular weight excluding hydrogens is 444 g/mol. The molecule has 35 heavy (non-hydrogen) atoms. The zero-order valence-corrected chi connectivity index (χ0v) is 20.4. The monoisotopic (exact) mass is 478 g/mol. The summed E-state index contributed by atoms with van der Waals surface area (Å²) in [4.78, 5) is 37.0. The van der Waals surface area contributed by atoms with Gasteiger partial charge in [-0.15, -0.1) is 0 Å². The van der Waals surface area contributed by atoms with Gasteiger partial charge in [0, 0.05) is 24.9 Å². The molecule has 7 heteroatoms. The number of fused-ring (bicyclic) bond motifs is 3. The number of ether oxygens (including phenoxy) is 1. The van der Waals surface area contributed by atoms with Crippen molar-refractivity contribution in [3.05, 3.63) is 59.7 Å². The second-order valence-electron chi connectivity index (χ2n) is 10.1. The Labute approximate surface area is 206 Å². The maximum absolute atomic E-state index is 12.7. The first-order valence-electron chi connectivity index (χ1n) is 12.4. The average molecular weight is 479 g/mol. The smallest absolute Gasteiger partial charge is 0.407 e. The Bertz CT molecular complexity index is 1040. The summed E-state index contributed by atoms with van der Waals surface area (Å²) in [5.41, 5.74) is 3.73. The fraction of sp³-hybridized carbons (Fsp3) is 0.464. The molecule has 2 aliphatic rings. The number of nitrogens with one attached hydrogen (secondary N) is 2. The van der Waals surface area contributed by atoms with Crippen molar-refractivity contribution in [2.24, 2.45) is 11.3 Å². The SMILES string of the molecule is CC(C)[C@@H](CC(=O)NCC1(C(=O)O)CCCC1)NC(=O)OCC1c2ccccc2-c2ccccc21. The van der Waals surface area contributed by atoms with Crippen molar-refractivity contribution in [1.29, 1.82) is 0 Å². The second-order valence-corrected chi connectivity index (χ2v) is 10.1. The van der Waals surface area contributed by atoms with Crippen LogP contribution in [0.3, 0.4) is 0 Å². The minimum Gasteiger partial charge on any atom is -0.481 e. The van der Waals surface area contributed by atoms with Crippen LogP contribution in [0, 0.1) is 11.3 Å². The summed E-state index contributed by atoms with van der Waals surface area (Å²) in [7, 11) is 0. The number of hydrogen-bond donors (Lipinski definition) is 3. The summed E-state index contributed by atoms with van der Waals surface area (Å²) in [6, 6.07) is 15.9. The highest BCUT2D eigenvalue weighted by atomic mass is 16.5. The number of carboxylic acid groups (broad SMARTS) is 1. The van der Waals surface area contributed by atoms with Crippen LogP contribution < -0.4 is 10.6 Å². The predicted octanol–water partition coefficient (Wildman–Crippen LogP) is 4.70. The maximum Gasteiger partial charge on any atom is 0.407 e. The van der Waals surface area contributed by atoms with Crippen molar-refractivity contribution in [3.63, 3.8) is 0 Å². The number of carboxylic acids is 1. The van der Waals surface area contributed by atoms with Gasteiger partial charge in [0.2, 0.25) is 5.91 Å². The molecule has 3 N–H and O–H groups in total. The molecule has 1 atom stereocenters. The third-order valence-corrected chi connectivity index (χ3v) is 7.50. The van der Waals surface area contributed by atoms with Gasteiger partial charge in [-0.1, -0.05) is 75.2 Å². The first kappa shape index (κ1) is 24.8. The van der Waals surface area contributed by atoms with E-state index in [4.69, 9.17) is 4.74 Å². The Hall–Kier alpha value is -3.35. The lowest BCUT2D eigenvalue weighted by atomic mass is 9.86. The van der Waals surface area contributed by atoms with Gasteiger partial charge >= 0.3 is 12.1 Å². The van der Waals surface area contributed by atoms with E-state index in [9.17, 15) is 19.5 Å². The quantitative estimate of drug-likeness (QED) is 0.485. The molecular formula is C28H34N2O5. The van der Waals surface area contributed by atoms with Crippen LogP contribution in [0.2, 0.25) is 0 Å². The first-order valence-corrected chi connectivity index (χ1v) is 12.4. The van der Waals surface area contributed by atoms with Crippen LogP contribution in [0.15, 0.2) is 48.5 Å². The van der Waals surface area contributed by atoms with Crippen LogP contribution in [0.25, 0.3) is 11.1 Å². The Balaban J connectivity index is 1.32. The summed E-state index contributed by atoms with van der Waals surface area (Å²) in [5, 5.41) is 15.2. The van der Waals surface area contributed by atoms with Crippen molar-refractivity contribution in [2.45, 2.75) is 57.9 Å². The predicted molar refractivity (Wildman–Crippen MR) is 133 cm³/mol. The second kappa shape index (κ2) is 10.5. The fourth-order valence-electron chi connectivity index (χ4n) is 5.30. The molecule has 4 rings (SSSR count). The van der Waals surface area contributed by atoms with Crippen molar-refractivity contribution in [2.75, 3.05) is 13.2 Å². The highest BCUT2D eigenvalue weighted by Gasteiger charge is 2.41. The molecule has 0 aromatic heterocycles. The van der Waals surface area contributed by atoms with Gasteiger partial charge in [-0.05, 0) is 41.0 Å². The summed E-state index contributed by atoms with van der Waals surface area (Å²) in [6.45, 7) is 4.18. The van der Waals surface area contributed by atoms with Crippen LogP contribution >= 0.6 is 0 Å². The molecule has 0 aliphatic heterocycles. The summed E-state index contributed by atoms with van der Waals surface area (Å²) >= 11 is 0. The number of carbonyl (C=O) groups excluding carboxylic acids is 2. The van der Waals surface area contributed by atoms with Gasteiger partial charge in [-0.3, -0.25) is 9.59 Å². The highest BCUT2D eigenvalue weighted by molar-refractivity contribution is 5.81. The molecule has 1 saturated carbocycles. The molecule has 2 aromatic carbocycles. The van der Waals surface area contributed by atoms with E-state index in [2.05, 4.69) is 34.9 Å². The third-order valence-electron chi connectivity index (χ3n) is 7.50. The number of rotatable bonds is 9. The molecule has 0 saturated heterocycles. The first-order chi connectivity index (χ1) is 16.8. The fourth-order valence-corrected chi connectivity index (χ4v) is 5.30. The lowest BCUT2D eigenvalue weighted by Crippen LogP contribution is -2.45. The van der Waals surface area contributed by atoms with E-state index in [0.29, 0.717) is 12.8 Å². The van der Waals surface area contributed by atoms with Crippen molar-refractivity contribution in [1.82, 2.24) is 10.6 Å². The number of aliphatic carboxylic acids is 1. The van der Waals surface area contributed by atoms with Gasteiger partial charge in [0.1, 0.15) is 6.61 Å². The van der Waals surface area contributed by atoms with Gasteiger partial charge in [-0.25, -0.2) is 4.79 Å². The molecule has 0 bridgehead atoms. The van der Waals surface area contributed by atoms with Gasteiger partial charge < -0.3 is 20.5 Å². The van der Waals surface area contributed by atoms with E-state index >= 15 is 0 Å². The highest BCUT2D eigenvalue weighted by Crippen LogP contribution is 2.44. The molecule has 7 nitrogen and oxygen atoms in total. The van der Waals surface area contributed by atoms with Gasteiger partial charge in [-0.2, -0.15) is 0 Å². The Kier molecular flexibility index (Phi) is 7.43. The van der Waals surface area contributed by atoms with Gasteiger partial charge in [0.15, 0.2) is 0 Å². The molecule has 2 aromatic rings. The number of alkyl carbamates (subject to hydrolysis) is 1. The summed E-state index contributed by atoms with van der Waals surface area (Å²) in [6.07, 6.45) is 2.39. The van der Waals surface area contributed by atoms with E-state index < -0.39 is 23.5 Å². The van der Waals surface area contributed by atoms with E-state index in [-0.39, 0.29) is 37.3 Å². The summed E-state index contributed by atoms with van der Waals surface area (Å²) < 4.78 is 5.63. The lowest BCUT2D eigenvalue weighted by molar-refractivity contribution is -0.148. The topological polar surface area (TPSA) is 105 Å². The molecule has 0 heterocycles. The minimum absolute atomic E-state index is 0.00106. The lowest BCUT2D eigenvalue weighted by Gasteiger charge is -2.26. The average Bonchev–Trinajstić information content (AvgIpc) is 3.45. The van der Waals surface area contributed by atoms with Crippen LogP contribution in [0.4, 0.5) is 4.79 Å². The zero-order valence-electron chi connectivity index (χ0n) is 20.4. The van der Waals surface area contributed by atoms with Crippen LogP contribution in [-0.2, 0) is 14.3 Å². The van der Waals surface area contributed by atoms with Crippen LogP contribution in [0.5, 0.6) is 0 Å². The number of carbonyl (C=O) groups is 3. The maximum atomic E-state index is 12.7. The van der Waals surface area contributed by atoms with Gasteiger partial charge in [0.05, 0.1) is 5.41 Å². The van der Waals surface area contributed by atoms with E-state index in [0.717, 1.165) is 35.1 Å². The minimum atomic E-state index is -0.872. The molecule has 0 radical (unpaired) electrons. The standard InChI is InChI=1S/C28H34N2O5/c1-18(2)24(15-25(31)29-17-28(26(32)33)13-7-8-14-28)30-27(34)35-16-23-21-11-5-3-9-19(21)20-10-4-6-12-22(20)23/h3-6,9-12,18,23-24H,7-8,13-17H2,1-2H3,(H,29,31)(H,30,34)(H,32,33)/t24-/m1/s1. The molecule has 1 fully saturated rings. The molecule has 0 spiro atoms. The van der Waals surface area contributed by atoms with E-state index in [1.54, 1.807) is 0 Å². The van der Waals surface area contributed by atoms with Crippen LogP contribution in [0.1, 0.15) is 63.0 Å². The number of hydrogen-bond acceptors (Lipinski definition) is 4. The zero-order chi connectivity index (χ0) is 25.0. The van der Waals surface area contributed by atoms with Crippen molar-refractivity contribution in [3.8, 4) is 11.1 Å². The number of benzene rings is 2. The van der Waals surface area contributed by atoms with Gasteiger partial charge in [0.25, 0.3) is 0 Å². The Morgan fingerprint density at radius 3 is 2.11 bits per heavy atom. The molecule has 0 unspecified atom stereocenters. The largest absolute Gasteiger partial charge is 0.481 e.